The molecule has 0 aliphatic rings. The fraction of sp³-hybridized carbons (Fsp3) is 0.133. The fourth-order valence-corrected chi connectivity index (χ4v) is 2.10. The van der Waals surface area contributed by atoms with Gasteiger partial charge in [0.05, 0.1) is 0 Å². The number of thiocarbonyl (C=S) groups is 1. The maximum absolute atomic E-state index is 13.7. The first kappa shape index (κ1) is 19.0. The van der Waals surface area contributed by atoms with Crippen molar-refractivity contribution in [2.75, 3.05) is 5.32 Å². The van der Waals surface area contributed by atoms with Gasteiger partial charge in [-0.25, -0.2) is 17.6 Å². The Balaban J connectivity index is 2.24. The van der Waals surface area contributed by atoms with Gasteiger partial charge in [0.2, 0.25) is 0 Å². The summed E-state index contributed by atoms with van der Waals surface area (Å²) in [6.07, 6.45) is -5.60. The zero-order chi connectivity index (χ0) is 18.8. The lowest BCUT2D eigenvalue weighted by molar-refractivity contribution is -0.143. The molecule has 2 aromatic rings. The normalized spacial score (nSPS) is 11.3. The Hall–Kier alpha value is -2.36. The van der Waals surface area contributed by atoms with Crippen molar-refractivity contribution in [3.8, 4) is 0 Å². The van der Waals surface area contributed by atoms with Crippen molar-refractivity contribution in [1.29, 1.82) is 0 Å². The molecule has 0 saturated carbocycles. The Labute approximate surface area is 142 Å². The van der Waals surface area contributed by atoms with E-state index in [0.29, 0.717) is 0 Å². The van der Waals surface area contributed by atoms with Gasteiger partial charge in [-0.05, 0) is 17.8 Å². The van der Waals surface area contributed by atoms with Gasteiger partial charge in [0, 0.05) is 6.54 Å². The lowest BCUT2D eigenvalue weighted by atomic mass is 10.1. The molecule has 10 heteroatoms. The molecule has 2 aromatic carbocycles. The highest BCUT2D eigenvalue weighted by Gasteiger charge is 2.42. The van der Waals surface area contributed by atoms with Gasteiger partial charge in [0.15, 0.2) is 28.4 Å². The molecule has 0 atom stereocenters. The minimum atomic E-state index is -5.60. The summed E-state index contributed by atoms with van der Waals surface area (Å²) in [5, 5.41) is 3.91. The summed E-state index contributed by atoms with van der Waals surface area (Å²) >= 11 is 4.72. The van der Waals surface area contributed by atoms with Crippen molar-refractivity contribution >= 4 is 23.0 Å². The van der Waals surface area contributed by atoms with E-state index in [2.05, 4.69) is 5.32 Å². The number of alkyl halides is 3. The molecular formula is C15H9F7N2S. The van der Waals surface area contributed by atoms with Crippen LogP contribution in [0.1, 0.15) is 11.1 Å². The Kier molecular flexibility index (Phi) is 5.51. The van der Waals surface area contributed by atoms with Gasteiger partial charge in [-0.15, -0.1) is 0 Å². The summed E-state index contributed by atoms with van der Waals surface area (Å²) in [6.45, 7) is 0.113. The predicted octanol–water partition coefficient (Wildman–Crippen LogP) is 4.75. The number of hydrogen-bond donors (Lipinski definition) is 2. The molecule has 0 amide bonds. The number of halogens is 7. The highest BCUT2D eigenvalue weighted by molar-refractivity contribution is 7.80. The molecule has 0 aromatic heterocycles. The third-order valence-electron chi connectivity index (χ3n) is 3.08. The van der Waals surface area contributed by atoms with Crippen LogP contribution in [0, 0.1) is 23.3 Å². The van der Waals surface area contributed by atoms with Gasteiger partial charge in [0.25, 0.3) is 0 Å². The molecule has 0 unspecified atom stereocenters. The van der Waals surface area contributed by atoms with E-state index in [1.54, 1.807) is 30.3 Å². The number of hydrogen-bond acceptors (Lipinski definition) is 1. The van der Waals surface area contributed by atoms with Crippen molar-refractivity contribution in [3.63, 3.8) is 0 Å². The van der Waals surface area contributed by atoms with Crippen molar-refractivity contribution < 1.29 is 30.7 Å². The van der Waals surface area contributed by atoms with Crippen molar-refractivity contribution in [2.45, 2.75) is 12.7 Å². The maximum Gasteiger partial charge on any atom is 0.422 e. The van der Waals surface area contributed by atoms with Crippen LogP contribution in [0.4, 0.5) is 36.4 Å². The standard InChI is InChI=1S/C15H9F7N2S/c16-9-8(15(20,21)22)10(17)12(19)13(11(9)18)24-14(25)23-6-7-4-2-1-3-5-7/h1-5H,6H2,(H2,23,24,25). The van der Waals surface area contributed by atoms with Gasteiger partial charge < -0.3 is 10.6 Å². The van der Waals surface area contributed by atoms with E-state index < -0.39 is 45.8 Å². The van der Waals surface area contributed by atoms with Crippen molar-refractivity contribution in [3.05, 3.63) is 64.7 Å². The average molecular weight is 382 g/mol. The fourth-order valence-electron chi connectivity index (χ4n) is 1.93. The molecule has 0 heterocycles. The maximum atomic E-state index is 13.7. The highest BCUT2D eigenvalue weighted by atomic mass is 32.1. The monoisotopic (exact) mass is 382 g/mol. The van der Waals surface area contributed by atoms with Crippen LogP contribution < -0.4 is 10.6 Å². The quantitative estimate of drug-likeness (QED) is 0.455. The van der Waals surface area contributed by atoms with Crippen LogP contribution in [0.2, 0.25) is 0 Å². The molecule has 2 N–H and O–H groups in total. The minimum absolute atomic E-state index is 0.113. The molecule has 25 heavy (non-hydrogen) atoms. The second-order valence-corrected chi connectivity index (χ2v) is 5.21. The summed E-state index contributed by atoms with van der Waals surface area (Å²) in [5.41, 5.74) is -3.36. The Morgan fingerprint density at radius 3 is 1.88 bits per heavy atom. The number of rotatable bonds is 3. The van der Waals surface area contributed by atoms with E-state index in [4.69, 9.17) is 12.2 Å². The molecule has 0 aliphatic heterocycles. The molecule has 0 bridgehead atoms. The Bertz CT molecular complexity index is 762. The molecule has 134 valence electrons. The number of anilines is 1. The predicted molar refractivity (Wildman–Crippen MR) is 80.8 cm³/mol. The minimum Gasteiger partial charge on any atom is -0.358 e. The van der Waals surface area contributed by atoms with Crippen LogP contribution in [0.25, 0.3) is 0 Å². The van der Waals surface area contributed by atoms with E-state index in [9.17, 15) is 30.7 Å². The first-order valence-electron chi connectivity index (χ1n) is 6.64. The lowest BCUT2D eigenvalue weighted by Crippen LogP contribution is -2.29. The first-order valence-corrected chi connectivity index (χ1v) is 7.05. The van der Waals surface area contributed by atoms with Gasteiger partial charge in [-0.3, -0.25) is 0 Å². The molecule has 0 spiro atoms. The molecule has 0 radical (unpaired) electrons. The zero-order valence-electron chi connectivity index (χ0n) is 12.1. The summed E-state index contributed by atoms with van der Waals surface area (Å²) in [6, 6.07) is 8.59. The first-order chi connectivity index (χ1) is 11.6. The van der Waals surface area contributed by atoms with E-state index in [1.807, 2.05) is 5.32 Å². The molecule has 2 rings (SSSR count). The van der Waals surface area contributed by atoms with Gasteiger partial charge >= 0.3 is 6.18 Å². The Morgan fingerprint density at radius 2 is 1.40 bits per heavy atom. The van der Waals surface area contributed by atoms with E-state index in [-0.39, 0.29) is 6.54 Å². The third kappa shape index (κ3) is 4.19. The number of nitrogens with one attached hydrogen (secondary N) is 2. The second-order valence-electron chi connectivity index (χ2n) is 4.80. The molecule has 0 aliphatic carbocycles. The summed E-state index contributed by atoms with van der Waals surface area (Å²) in [5.74, 6) is -9.57. The third-order valence-corrected chi connectivity index (χ3v) is 3.33. The zero-order valence-corrected chi connectivity index (χ0v) is 13.0. The van der Waals surface area contributed by atoms with Crippen LogP contribution in [0.3, 0.4) is 0 Å². The van der Waals surface area contributed by atoms with Crippen molar-refractivity contribution in [1.82, 2.24) is 5.32 Å². The van der Waals surface area contributed by atoms with Gasteiger partial charge in [0.1, 0.15) is 11.3 Å². The topological polar surface area (TPSA) is 24.1 Å². The van der Waals surface area contributed by atoms with E-state index in [0.717, 1.165) is 5.56 Å². The van der Waals surface area contributed by atoms with E-state index >= 15 is 0 Å². The highest BCUT2D eigenvalue weighted by Crippen LogP contribution is 2.38. The summed E-state index contributed by atoms with van der Waals surface area (Å²) < 4.78 is 91.9. The molecule has 0 fully saturated rings. The molecular weight excluding hydrogens is 373 g/mol. The van der Waals surface area contributed by atoms with Crippen LogP contribution in [0.15, 0.2) is 30.3 Å². The average Bonchev–Trinajstić information content (AvgIpc) is 2.55. The summed E-state index contributed by atoms with van der Waals surface area (Å²) in [7, 11) is 0. The van der Waals surface area contributed by atoms with Crippen LogP contribution in [-0.4, -0.2) is 5.11 Å². The van der Waals surface area contributed by atoms with Crippen LogP contribution in [-0.2, 0) is 12.7 Å². The number of benzene rings is 2. The van der Waals surface area contributed by atoms with Gasteiger partial charge in [-0.1, -0.05) is 30.3 Å². The molecule has 0 saturated heterocycles. The smallest absolute Gasteiger partial charge is 0.358 e. The SMILES string of the molecule is Fc1c(F)c(C(F)(F)F)c(F)c(F)c1NC(=S)NCc1ccccc1. The second kappa shape index (κ2) is 7.26. The van der Waals surface area contributed by atoms with Crippen LogP contribution in [0.5, 0.6) is 0 Å². The Morgan fingerprint density at radius 1 is 0.880 bits per heavy atom. The largest absolute Gasteiger partial charge is 0.422 e. The lowest BCUT2D eigenvalue weighted by Gasteiger charge is -2.16. The molecule has 2 nitrogen and oxygen atoms in total. The van der Waals surface area contributed by atoms with Gasteiger partial charge in [-0.2, -0.15) is 13.2 Å². The summed E-state index contributed by atoms with van der Waals surface area (Å²) in [4.78, 5) is 0. The van der Waals surface area contributed by atoms with E-state index in [1.165, 1.54) is 0 Å². The van der Waals surface area contributed by atoms with Crippen LogP contribution >= 0.6 is 12.2 Å². The van der Waals surface area contributed by atoms with Crippen molar-refractivity contribution in [2.24, 2.45) is 0 Å².